The highest BCUT2D eigenvalue weighted by Gasteiger charge is 2.49. The molecule has 0 radical (unpaired) electrons. The van der Waals surface area contributed by atoms with Gasteiger partial charge in [-0.15, -0.1) is 0 Å². The van der Waals surface area contributed by atoms with Gasteiger partial charge in [0, 0.05) is 22.2 Å². The van der Waals surface area contributed by atoms with E-state index >= 15 is 0 Å². The van der Waals surface area contributed by atoms with Crippen LogP contribution in [0.2, 0.25) is 0 Å². The largest absolute Gasteiger partial charge is 0.472 e. The number of hydrogen-bond donors (Lipinski definition) is 0. The minimum atomic E-state index is -3.23. The quantitative estimate of drug-likeness (QED) is 0.108. The first-order valence-electron chi connectivity index (χ1n) is 20.7. The second-order valence-electron chi connectivity index (χ2n) is 16.1. The molecule has 0 spiro atoms. The first-order valence-corrected chi connectivity index (χ1v) is 22.7. The summed E-state index contributed by atoms with van der Waals surface area (Å²) in [5.41, 5.74) is 9.33. The number of rotatable bonds is 9. The molecule has 11 aromatic rings. The molecule has 12 rings (SSSR count). The van der Waals surface area contributed by atoms with E-state index in [-0.39, 0.29) is 0 Å². The summed E-state index contributed by atoms with van der Waals surface area (Å²) < 4.78 is 23.5. The van der Waals surface area contributed by atoms with Crippen LogP contribution in [0.15, 0.2) is 222 Å². The number of aromatic nitrogens is 3. The summed E-state index contributed by atoms with van der Waals surface area (Å²) in [6.45, 7) is 0. The zero-order valence-corrected chi connectivity index (χ0v) is 34.2. The Morgan fingerprint density at radius 2 is 1.10 bits per heavy atom. The Bertz CT molecular complexity index is 3270. The van der Waals surface area contributed by atoms with Crippen LogP contribution < -0.4 is 25.5 Å². The van der Waals surface area contributed by atoms with Crippen molar-refractivity contribution in [2.75, 3.05) is 0 Å². The second kappa shape index (κ2) is 14.0. The number of para-hydroxylation sites is 6. The summed E-state index contributed by atoms with van der Waals surface area (Å²) in [5.74, 6) is 2.65. The average molecular weight is 806 g/mol. The zero-order chi connectivity index (χ0) is 40.4. The van der Waals surface area contributed by atoms with E-state index in [1.165, 1.54) is 20.7 Å². The highest BCUT2D eigenvalue weighted by Crippen LogP contribution is 2.51. The summed E-state index contributed by atoms with van der Waals surface area (Å²) >= 11 is 0. The van der Waals surface area contributed by atoms with Gasteiger partial charge in [0.05, 0.1) is 47.1 Å². The average Bonchev–Trinajstić information content (AvgIpc) is 4.15. The van der Waals surface area contributed by atoms with Crippen LogP contribution in [0.4, 0.5) is 0 Å². The number of nitrogens with zero attached hydrogens (tertiary/aromatic N) is 3. The fourth-order valence-corrected chi connectivity index (χ4v) is 15.2. The normalized spacial score (nSPS) is 13.3. The zero-order valence-electron chi connectivity index (χ0n) is 33.2. The maximum atomic E-state index is 7.39. The highest BCUT2D eigenvalue weighted by molar-refractivity contribution is 7.20. The number of benzene rings is 7. The summed E-state index contributed by atoms with van der Waals surface area (Å²) in [6.07, 6.45) is 8.72. The molecule has 7 aromatic carbocycles. The molecule has 61 heavy (non-hydrogen) atoms. The summed E-state index contributed by atoms with van der Waals surface area (Å²) in [6, 6.07) is 68.0. The van der Waals surface area contributed by atoms with Crippen molar-refractivity contribution in [2.24, 2.45) is 0 Å². The van der Waals surface area contributed by atoms with Gasteiger partial charge in [-0.3, -0.25) is 8.97 Å². The molecule has 6 nitrogen and oxygen atoms in total. The lowest BCUT2D eigenvalue weighted by molar-refractivity contribution is 0.386. The van der Waals surface area contributed by atoms with Crippen molar-refractivity contribution in [1.29, 1.82) is 0 Å². The van der Waals surface area contributed by atoms with Crippen molar-refractivity contribution in [3.8, 4) is 17.2 Å². The number of furan rings is 2. The number of imidazole rings is 2. The molecule has 0 atom stereocenters. The Morgan fingerprint density at radius 3 is 1.80 bits per heavy atom. The predicted molar refractivity (Wildman–Crippen MR) is 245 cm³/mol. The topological polar surface area (TPSA) is 57.7 Å². The van der Waals surface area contributed by atoms with E-state index in [1.807, 2.05) is 12.5 Å². The number of fused-ring (bicyclic) bond motifs is 7. The first-order chi connectivity index (χ1) is 30.2. The van der Waals surface area contributed by atoms with Crippen molar-refractivity contribution in [1.82, 2.24) is 14.0 Å². The fraction of sp³-hybridized carbons (Fsp3) is 0.0556. The van der Waals surface area contributed by atoms with Gasteiger partial charge in [0.1, 0.15) is 11.5 Å². The van der Waals surface area contributed by atoms with Gasteiger partial charge in [0.25, 0.3) is 0 Å². The van der Waals surface area contributed by atoms with E-state index in [0.717, 1.165) is 67.3 Å². The van der Waals surface area contributed by atoms with Gasteiger partial charge in [-0.25, -0.2) is 4.98 Å². The van der Waals surface area contributed by atoms with Gasteiger partial charge in [-0.05, 0) is 99.3 Å². The molecular weight excluding hydrogens is 767 g/mol. The predicted octanol–water partition coefficient (Wildman–Crippen LogP) is 9.87. The third-order valence-corrected chi connectivity index (χ3v) is 17.6. The fourth-order valence-electron chi connectivity index (χ4n) is 10.3. The number of ether oxygens (including phenoxy) is 1. The van der Waals surface area contributed by atoms with Crippen LogP contribution in [0.1, 0.15) is 22.3 Å². The lowest BCUT2D eigenvalue weighted by Gasteiger charge is -2.43. The Labute approximate surface area is 353 Å². The molecule has 5 heterocycles. The van der Waals surface area contributed by atoms with E-state index < -0.39 is 13.5 Å². The smallest absolute Gasteiger partial charge is 0.220 e. The Balaban J connectivity index is 1.17. The molecule has 1 aliphatic heterocycles. The molecule has 7 heteroatoms. The molecule has 292 valence electrons. The van der Waals surface area contributed by atoms with Crippen LogP contribution in [0, 0.1) is 0 Å². The van der Waals surface area contributed by atoms with Gasteiger partial charge < -0.3 is 13.6 Å². The molecule has 0 bridgehead atoms. The maximum Gasteiger partial charge on any atom is 0.220 e. The van der Waals surface area contributed by atoms with E-state index in [4.69, 9.17) is 18.6 Å². The van der Waals surface area contributed by atoms with E-state index in [0.29, 0.717) is 12.8 Å². The summed E-state index contributed by atoms with van der Waals surface area (Å²) in [5, 5.41) is 4.95. The lowest BCUT2D eigenvalue weighted by Crippen LogP contribution is -2.75. The van der Waals surface area contributed by atoms with Crippen molar-refractivity contribution >= 4 is 56.7 Å². The molecule has 0 unspecified atom stereocenters. The lowest BCUT2D eigenvalue weighted by atomic mass is 9.66. The summed E-state index contributed by atoms with van der Waals surface area (Å²) in [4.78, 5) is 5.25. The van der Waals surface area contributed by atoms with Crippen LogP contribution >= 0.6 is 0 Å². The maximum absolute atomic E-state index is 7.39. The Kier molecular flexibility index (Phi) is 8.11. The molecule has 4 aromatic heterocycles. The Morgan fingerprint density at radius 1 is 0.508 bits per heavy atom. The van der Waals surface area contributed by atoms with Gasteiger partial charge >= 0.3 is 0 Å². The molecule has 0 amide bonds. The van der Waals surface area contributed by atoms with Crippen molar-refractivity contribution in [2.45, 2.75) is 18.3 Å². The van der Waals surface area contributed by atoms with Crippen LogP contribution in [0.25, 0.3) is 33.5 Å². The third kappa shape index (κ3) is 5.37. The van der Waals surface area contributed by atoms with Crippen molar-refractivity contribution in [3.63, 3.8) is 0 Å². The SMILES string of the molecule is c1ccc([Si](c2ccccc2)(c2cccc(-n3c4ccccc4n4c5ccccc5nc34)c2)c2cccc3c2Oc2ccccc2C3(Cc2ccoc2)Cc2ccoc2)cc1. The van der Waals surface area contributed by atoms with Crippen LogP contribution in [-0.4, -0.2) is 22.0 Å². The Hall–Kier alpha value is -7.61. The minimum Gasteiger partial charge on any atom is -0.472 e. The van der Waals surface area contributed by atoms with E-state index in [9.17, 15) is 0 Å². The van der Waals surface area contributed by atoms with E-state index in [1.54, 1.807) is 12.5 Å². The second-order valence-corrected chi connectivity index (χ2v) is 19.8. The van der Waals surface area contributed by atoms with Gasteiger partial charge in [-0.1, -0.05) is 133 Å². The molecule has 0 fully saturated rings. The van der Waals surface area contributed by atoms with Crippen molar-refractivity contribution in [3.05, 3.63) is 235 Å². The highest BCUT2D eigenvalue weighted by atomic mass is 28.3. The van der Waals surface area contributed by atoms with Gasteiger partial charge in [0.15, 0.2) is 8.07 Å². The minimum absolute atomic E-state index is 0.512. The van der Waals surface area contributed by atoms with Gasteiger partial charge in [0.2, 0.25) is 5.78 Å². The summed E-state index contributed by atoms with van der Waals surface area (Å²) in [7, 11) is -3.23. The molecular formula is C54H39N3O3Si. The van der Waals surface area contributed by atoms with E-state index in [2.05, 4.69) is 197 Å². The first kappa shape index (κ1) is 35.3. The third-order valence-electron chi connectivity index (χ3n) is 12.8. The molecule has 0 N–H and O–H groups in total. The monoisotopic (exact) mass is 805 g/mol. The van der Waals surface area contributed by atoms with Crippen molar-refractivity contribution < 1.29 is 13.6 Å². The van der Waals surface area contributed by atoms with Crippen LogP contribution in [-0.2, 0) is 18.3 Å². The van der Waals surface area contributed by atoms with Crippen LogP contribution in [0.5, 0.6) is 11.5 Å². The standard InChI is InChI=1S/C54H39N3O3Si/c1-3-16-41(17-4-1)61(42-18-5-2-6-19-42,43-20-13-15-40(33-43)56-48-25-10-11-26-49(48)57-47-24-9-8-23-46(47)55-53(56)57)51-28-14-22-45-52(51)60-50-27-12-7-21-44(50)54(45,34-38-29-31-58-36-38)35-39-30-32-59-37-39/h1-33,36-37H,34-35H2. The molecule has 0 saturated heterocycles. The molecule has 0 saturated carbocycles. The molecule has 0 aliphatic carbocycles. The number of hydrogen-bond acceptors (Lipinski definition) is 4. The van der Waals surface area contributed by atoms with Crippen LogP contribution in [0.3, 0.4) is 0 Å². The molecule has 1 aliphatic rings. The van der Waals surface area contributed by atoms with Gasteiger partial charge in [-0.2, -0.15) is 0 Å².